The predicted octanol–water partition coefficient (Wildman–Crippen LogP) is 4.30. The molecule has 0 bridgehead atoms. The largest absolute Gasteiger partial charge is 0.444 e. The Morgan fingerprint density at radius 2 is 1.64 bits per heavy atom. The van der Waals surface area contributed by atoms with E-state index in [9.17, 15) is 9.59 Å². The molecule has 3 rings (SSSR count). The lowest BCUT2D eigenvalue weighted by atomic mass is 9.77. The van der Waals surface area contributed by atoms with Crippen molar-refractivity contribution in [3.8, 4) is 0 Å². The number of alkyl carbamates (subject to hydrolysis) is 1. The average molecular weight is 380 g/mol. The molecule has 0 unspecified atom stereocenters. The van der Waals surface area contributed by atoms with E-state index < -0.39 is 11.7 Å². The molecular weight excluding hydrogens is 352 g/mol. The highest BCUT2D eigenvalue weighted by Gasteiger charge is 2.50. The third-order valence-electron chi connectivity index (χ3n) is 4.86. The molecule has 2 aromatic rings. The summed E-state index contributed by atoms with van der Waals surface area (Å²) in [4.78, 5) is 27.0. The van der Waals surface area contributed by atoms with E-state index in [1.54, 1.807) is 0 Å². The second-order valence-corrected chi connectivity index (χ2v) is 8.27. The molecular formula is C23H28N2O3. The lowest BCUT2D eigenvalue weighted by Crippen LogP contribution is -2.61. The second-order valence-electron chi connectivity index (χ2n) is 8.27. The van der Waals surface area contributed by atoms with Gasteiger partial charge in [0.1, 0.15) is 5.60 Å². The molecule has 0 spiro atoms. The third-order valence-corrected chi connectivity index (χ3v) is 4.86. The first-order chi connectivity index (χ1) is 13.3. The van der Waals surface area contributed by atoms with Crippen LogP contribution in [0.25, 0.3) is 0 Å². The quantitative estimate of drug-likeness (QED) is 0.787. The van der Waals surface area contributed by atoms with Crippen molar-refractivity contribution in [2.45, 2.75) is 51.9 Å². The number of ether oxygens (including phenoxy) is 1. The number of β-lactam (4-membered cyclic amide) rings is 1. The molecule has 5 heteroatoms. The summed E-state index contributed by atoms with van der Waals surface area (Å²) >= 11 is 0. The number of hydrogen-bond acceptors (Lipinski definition) is 3. The van der Waals surface area contributed by atoms with Crippen molar-refractivity contribution >= 4 is 12.0 Å². The summed E-state index contributed by atoms with van der Waals surface area (Å²) in [5.74, 6) is -0.278. The van der Waals surface area contributed by atoms with Gasteiger partial charge in [-0.3, -0.25) is 4.79 Å². The molecule has 0 saturated carbocycles. The predicted molar refractivity (Wildman–Crippen MR) is 108 cm³/mol. The van der Waals surface area contributed by atoms with Crippen LogP contribution in [0.4, 0.5) is 4.79 Å². The minimum atomic E-state index is -0.578. The Labute approximate surface area is 166 Å². The van der Waals surface area contributed by atoms with Crippen molar-refractivity contribution in [2.24, 2.45) is 5.92 Å². The van der Waals surface area contributed by atoms with Crippen LogP contribution in [0.2, 0.25) is 0 Å². The molecule has 1 heterocycles. The van der Waals surface area contributed by atoms with Gasteiger partial charge >= 0.3 is 6.09 Å². The monoisotopic (exact) mass is 380 g/mol. The van der Waals surface area contributed by atoms with Gasteiger partial charge in [-0.05, 0) is 38.8 Å². The topological polar surface area (TPSA) is 58.6 Å². The van der Waals surface area contributed by atoms with Crippen LogP contribution in [-0.4, -0.2) is 28.5 Å². The molecule has 1 fully saturated rings. The van der Waals surface area contributed by atoms with Crippen molar-refractivity contribution in [3.05, 3.63) is 71.8 Å². The van der Waals surface area contributed by atoms with Crippen LogP contribution >= 0.6 is 0 Å². The van der Waals surface area contributed by atoms with E-state index >= 15 is 0 Å². The maximum absolute atomic E-state index is 13.0. The number of hydrogen-bond donors (Lipinski definition) is 1. The van der Waals surface area contributed by atoms with Crippen LogP contribution in [-0.2, 0) is 16.1 Å². The molecule has 0 aromatic heterocycles. The molecule has 1 aliphatic rings. The minimum Gasteiger partial charge on any atom is -0.444 e. The Kier molecular flexibility index (Phi) is 5.73. The Morgan fingerprint density at radius 1 is 1.07 bits per heavy atom. The van der Waals surface area contributed by atoms with Gasteiger partial charge in [-0.1, -0.05) is 60.7 Å². The van der Waals surface area contributed by atoms with Crippen LogP contribution in [0.15, 0.2) is 60.7 Å². The fourth-order valence-corrected chi connectivity index (χ4v) is 3.64. The summed E-state index contributed by atoms with van der Waals surface area (Å²) < 4.78 is 5.35. The zero-order valence-electron chi connectivity index (χ0n) is 16.9. The van der Waals surface area contributed by atoms with Gasteiger partial charge in [-0.25, -0.2) is 4.79 Å². The number of benzene rings is 2. The summed E-state index contributed by atoms with van der Waals surface area (Å²) in [5.41, 5.74) is 1.58. The first-order valence-electron chi connectivity index (χ1n) is 9.65. The average Bonchev–Trinajstić information content (AvgIpc) is 2.63. The minimum absolute atomic E-state index is 0.0428. The summed E-state index contributed by atoms with van der Waals surface area (Å²) in [5, 5.41) is 2.84. The smallest absolute Gasteiger partial charge is 0.407 e. The van der Waals surface area contributed by atoms with Gasteiger partial charge in [0.25, 0.3) is 0 Å². The third kappa shape index (κ3) is 4.53. The number of amides is 2. The number of likely N-dealkylation sites (tertiary alicyclic amines) is 1. The van der Waals surface area contributed by atoms with E-state index in [1.165, 1.54) is 0 Å². The maximum atomic E-state index is 13.0. The lowest BCUT2D eigenvalue weighted by Gasteiger charge is -2.50. The standard InChI is InChI=1S/C23H28N2O3/c1-16(24-22(27)28-23(2,3)4)19-20(18-13-9-6-10-14-18)25(21(19)26)15-17-11-7-5-8-12-17/h5-14,16,19-20H,15H2,1-4H3,(H,24,27)/t16-,19+,20+/m0/s1. The molecule has 0 radical (unpaired) electrons. The molecule has 5 nitrogen and oxygen atoms in total. The molecule has 28 heavy (non-hydrogen) atoms. The number of nitrogens with one attached hydrogen (secondary N) is 1. The van der Waals surface area contributed by atoms with Gasteiger partial charge in [0.05, 0.1) is 12.0 Å². The van der Waals surface area contributed by atoms with E-state index in [2.05, 4.69) is 5.32 Å². The number of rotatable bonds is 5. The van der Waals surface area contributed by atoms with Crippen molar-refractivity contribution in [2.75, 3.05) is 0 Å². The first kappa shape index (κ1) is 19.9. The summed E-state index contributed by atoms with van der Waals surface area (Å²) in [6, 6.07) is 19.5. The zero-order chi connectivity index (χ0) is 20.3. The second kappa shape index (κ2) is 8.05. The van der Waals surface area contributed by atoms with Crippen molar-refractivity contribution in [3.63, 3.8) is 0 Å². The van der Waals surface area contributed by atoms with Crippen LogP contribution in [0.5, 0.6) is 0 Å². The first-order valence-corrected chi connectivity index (χ1v) is 9.65. The van der Waals surface area contributed by atoms with Gasteiger partial charge in [0.15, 0.2) is 0 Å². The molecule has 1 saturated heterocycles. The van der Waals surface area contributed by atoms with Crippen LogP contribution in [0, 0.1) is 5.92 Å². The highest BCUT2D eigenvalue weighted by molar-refractivity contribution is 5.88. The van der Waals surface area contributed by atoms with E-state index in [-0.39, 0.29) is 23.9 Å². The summed E-state index contributed by atoms with van der Waals surface area (Å²) in [6.07, 6.45) is -0.499. The zero-order valence-corrected chi connectivity index (χ0v) is 16.9. The van der Waals surface area contributed by atoms with Crippen LogP contribution in [0.3, 0.4) is 0 Å². The summed E-state index contributed by atoms with van der Waals surface area (Å²) in [7, 11) is 0. The van der Waals surface area contributed by atoms with E-state index in [4.69, 9.17) is 4.74 Å². The van der Waals surface area contributed by atoms with Crippen LogP contribution in [0.1, 0.15) is 44.9 Å². The van der Waals surface area contributed by atoms with Crippen molar-refractivity contribution < 1.29 is 14.3 Å². The Balaban J connectivity index is 1.78. The van der Waals surface area contributed by atoms with E-state index in [0.717, 1.165) is 11.1 Å². The molecule has 0 aliphatic carbocycles. The lowest BCUT2D eigenvalue weighted by molar-refractivity contribution is -0.160. The number of carbonyl (C=O) groups is 2. The molecule has 3 atom stereocenters. The van der Waals surface area contributed by atoms with Gasteiger partial charge in [0, 0.05) is 12.6 Å². The highest BCUT2D eigenvalue weighted by Crippen LogP contribution is 2.43. The maximum Gasteiger partial charge on any atom is 0.407 e. The molecule has 148 valence electrons. The molecule has 1 aliphatic heterocycles. The van der Waals surface area contributed by atoms with Gasteiger partial charge in [-0.15, -0.1) is 0 Å². The van der Waals surface area contributed by atoms with Crippen molar-refractivity contribution in [1.29, 1.82) is 0 Å². The van der Waals surface area contributed by atoms with Crippen molar-refractivity contribution in [1.82, 2.24) is 10.2 Å². The van der Waals surface area contributed by atoms with Gasteiger partial charge in [0.2, 0.25) is 5.91 Å². The molecule has 2 aromatic carbocycles. The number of nitrogens with zero attached hydrogens (tertiary/aromatic N) is 1. The summed E-state index contributed by atoms with van der Waals surface area (Å²) in [6.45, 7) is 7.87. The highest BCUT2D eigenvalue weighted by atomic mass is 16.6. The SMILES string of the molecule is C[C@H](NC(=O)OC(C)(C)C)[C@H]1C(=O)N(Cc2ccccc2)[C@@H]1c1ccccc1. The molecule has 1 N–H and O–H groups in total. The van der Waals surface area contributed by atoms with E-state index in [1.807, 2.05) is 93.3 Å². The Morgan fingerprint density at radius 3 is 2.21 bits per heavy atom. The number of carbonyl (C=O) groups excluding carboxylic acids is 2. The fraction of sp³-hybridized carbons (Fsp3) is 0.391. The fourth-order valence-electron chi connectivity index (χ4n) is 3.64. The van der Waals surface area contributed by atoms with Gasteiger partial charge in [-0.2, -0.15) is 0 Å². The van der Waals surface area contributed by atoms with Crippen LogP contribution < -0.4 is 5.32 Å². The Hall–Kier alpha value is -2.82. The molecule has 2 amide bonds. The normalized spacial score (nSPS) is 20.3. The Bertz CT molecular complexity index is 815. The van der Waals surface area contributed by atoms with E-state index in [0.29, 0.717) is 6.54 Å². The van der Waals surface area contributed by atoms with Gasteiger partial charge < -0.3 is 15.0 Å².